The average Bonchev–Trinajstić information content (AvgIpc) is 2.51. The van der Waals surface area contributed by atoms with E-state index in [1.54, 1.807) is 18.2 Å². The second kappa shape index (κ2) is 8.17. The van der Waals surface area contributed by atoms with Gasteiger partial charge in [0.05, 0.1) is 12.7 Å². The number of hydrogen-bond acceptors (Lipinski definition) is 4. The van der Waals surface area contributed by atoms with Gasteiger partial charge in [0.2, 0.25) is 11.8 Å². The van der Waals surface area contributed by atoms with Crippen molar-refractivity contribution in [1.29, 1.82) is 0 Å². The molecule has 0 fully saturated rings. The molecule has 0 aromatic heterocycles. The largest absolute Gasteiger partial charge is 0.465 e. The third kappa shape index (κ3) is 4.87. The van der Waals surface area contributed by atoms with Gasteiger partial charge in [-0.25, -0.2) is 4.79 Å². The second-order valence-corrected chi connectivity index (χ2v) is 5.02. The first-order valence-electron chi connectivity index (χ1n) is 7.14. The van der Waals surface area contributed by atoms with E-state index >= 15 is 0 Å². The zero-order chi connectivity index (χ0) is 16.7. The molecule has 0 saturated heterocycles. The molecule has 1 unspecified atom stereocenters. The van der Waals surface area contributed by atoms with Crippen LogP contribution in [-0.2, 0) is 14.3 Å². The summed E-state index contributed by atoms with van der Waals surface area (Å²) in [4.78, 5) is 36.7. The molecule has 1 atom stereocenters. The summed E-state index contributed by atoms with van der Waals surface area (Å²) in [5, 5.41) is 2.81. The maximum atomic E-state index is 12.0. The molecule has 0 aliphatic carbocycles. The van der Waals surface area contributed by atoms with Gasteiger partial charge in [0, 0.05) is 18.7 Å². The van der Waals surface area contributed by atoms with Gasteiger partial charge in [-0.2, -0.15) is 0 Å². The minimum absolute atomic E-state index is 0.0442. The lowest BCUT2D eigenvalue weighted by atomic mass is 10.2. The highest BCUT2D eigenvalue weighted by molar-refractivity contribution is 5.99. The number of benzene rings is 1. The molecule has 0 spiro atoms. The maximum Gasteiger partial charge on any atom is 0.337 e. The molecule has 120 valence electrons. The van der Waals surface area contributed by atoms with Crippen molar-refractivity contribution in [2.45, 2.75) is 33.2 Å². The van der Waals surface area contributed by atoms with Crippen molar-refractivity contribution in [1.82, 2.24) is 5.32 Å². The first-order chi connectivity index (χ1) is 10.4. The smallest absolute Gasteiger partial charge is 0.337 e. The Kier molecular flexibility index (Phi) is 6.56. The molecule has 0 radical (unpaired) electrons. The zero-order valence-electron chi connectivity index (χ0n) is 13.4. The van der Waals surface area contributed by atoms with E-state index in [4.69, 9.17) is 0 Å². The Morgan fingerprint density at radius 1 is 1.32 bits per heavy atom. The Morgan fingerprint density at radius 3 is 2.55 bits per heavy atom. The molecule has 22 heavy (non-hydrogen) atoms. The summed E-state index contributed by atoms with van der Waals surface area (Å²) >= 11 is 0. The van der Waals surface area contributed by atoms with Gasteiger partial charge >= 0.3 is 5.97 Å². The fraction of sp³-hybridized carbons (Fsp3) is 0.438. The summed E-state index contributed by atoms with van der Waals surface area (Å²) in [5.41, 5.74) is 0.809. The molecule has 0 aliphatic rings. The van der Waals surface area contributed by atoms with Crippen molar-refractivity contribution in [2.75, 3.05) is 18.6 Å². The molecular formula is C16H22N2O4. The van der Waals surface area contributed by atoms with Gasteiger partial charge in [0.15, 0.2) is 0 Å². The van der Waals surface area contributed by atoms with Crippen molar-refractivity contribution in [3.8, 4) is 0 Å². The summed E-state index contributed by atoms with van der Waals surface area (Å²) in [6, 6.07) is 6.48. The van der Waals surface area contributed by atoms with Crippen molar-refractivity contribution in [3.63, 3.8) is 0 Å². The normalized spacial score (nSPS) is 11.5. The van der Waals surface area contributed by atoms with Crippen molar-refractivity contribution < 1.29 is 19.1 Å². The lowest BCUT2D eigenvalue weighted by Gasteiger charge is -2.22. The zero-order valence-corrected chi connectivity index (χ0v) is 13.4. The number of carbonyl (C=O) groups is 3. The Bertz CT molecular complexity index is 557. The Hall–Kier alpha value is -2.37. The summed E-state index contributed by atoms with van der Waals surface area (Å²) in [5.74, 6) is -1.01. The molecular weight excluding hydrogens is 284 g/mol. The van der Waals surface area contributed by atoms with Gasteiger partial charge in [-0.15, -0.1) is 0 Å². The highest BCUT2D eigenvalue weighted by Gasteiger charge is 2.18. The van der Waals surface area contributed by atoms with Crippen LogP contribution in [0.5, 0.6) is 0 Å². The molecule has 6 nitrogen and oxygen atoms in total. The average molecular weight is 306 g/mol. The van der Waals surface area contributed by atoms with E-state index in [0.29, 0.717) is 11.3 Å². The van der Waals surface area contributed by atoms with Crippen LogP contribution in [-0.4, -0.2) is 37.5 Å². The summed E-state index contributed by atoms with van der Waals surface area (Å²) in [6.45, 7) is 5.15. The molecule has 0 saturated carbocycles. The van der Waals surface area contributed by atoms with E-state index in [9.17, 15) is 14.4 Å². The fourth-order valence-corrected chi connectivity index (χ4v) is 1.87. The Labute approximate surface area is 130 Å². The van der Waals surface area contributed by atoms with Crippen LogP contribution in [0.4, 0.5) is 5.69 Å². The monoisotopic (exact) mass is 306 g/mol. The van der Waals surface area contributed by atoms with Crippen LogP contribution in [0.3, 0.4) is 0 Å². The fourth-order valence-electron chi connectivity index (χ4n) is 1.87. The number of rotatable bonds is 6. The molecule has 6 heteroatoms. The highest BCUT2D eigenvalue weighted by atomic mass is 16.5. The summed E-state index contributed by atoms with van der Waals surface area (Å²) < 4.78 is 4.66. The van der Waals surface area contributed by atoms with Gasteiger partial charge in [-0.3, -0.25) is 9.59 Å². The topological polar surface area (TPSA) is 75.7 Å². The van der Waals surface area contributed by atoms with Gasteiger partial charge in [0.25, 0.3) is 0 Å². The summed E-state index contributed by atoms with van der Waals surface area (Å²) in [6.07, 6.45) is 0.809. The molecule has 1 N–H and O–H groups in total. The predicted octanol–water partition coefficient (Wildman–Crippen LogP) is 1.74. The van der Waals surface area contributed by atoms with Crippen LogP contribution in [0.25, 0.3) is 0 Å². The third-order valence-corrected chi connectivity index (χ3v) is 3.28. The van der Waals surface area contributed by atoms with E-state index < -0.39 is 5.97 Å². The van der Waals surface area contributed by atoms with E-state index in [-0.39, 0.29) is 24.4 Å². The molecule has 1 rings (SSSR count). The summed E-state index contributed by atoms with van der Waals surface area (Å²) in [7, 11) is 1.29. The standard InChI is InChI=1S/C16H22N2O4/c1-5-11(2)17-15(20)10-18(12(3)19)14-8-6-7-13(9-14)16(21)22-4/h6-9,11H,5,10H2,1-4H3,(H,17,20). The maximum absolute atomic E-state index is 12.0. The lowest BCUT2D eigenvalue weighted by molar-refractivity contribution is -0.123. The number of nitrogens with one attached hydrogen (secondary N) is 1. The predicted molar refractivity (Wildman–Crippen MR) is 83.7 cm³/mol. The van der Waals surface area contributed by atoms with Gasteiger partial charge in [0.1, 0.15) is 6.54 Å². The number of nitrogens with zero attached hydrogens (tertiary/aromatic N) is 1. The van der Waals surface area contributed by atoms with Gasteiger partial charge in [-0.1, -0.05) is 13.0 Å². The number of ether oxygens (including phenoxy) is 1. The van der Waals surface area contributed by atoms with Crippen LogP contribution in [0.15, 0.2) is 24.3 Å². The van der Waals surface area contributed by atoms with E-state index in [1.165, 1.54) is 25.0 Å². The minimum Gasteiger partial charge on any atom is -0.465 e. The van der Waals surface area contributed by atoms with Crippen LogP contribution in [0, 0.1) is 0 Å². The van der Waals surface area contributed by atoms with Gasteiger partial charge in [-0.05, 0) is 31.5 Å². The quantitative estimate of drug-likeness (QED) is 0.812. The van der Waals surface area contributed by atoms with E-state index in [1.807, 2.05) is 13.8 Å². The Balaban J connectivity index is 2.94. The second-order valence-electron chi connectivity index (χ2n) is 5.02. The van der Waals surface area contributed by atoms with E-state index in [0.717, 1.165) is 6.42 Å². The molecule has 1 aromatic carbocycles. The van der Waals surface area contributed by atoms with Crippen LogP contribution >= 0.6 is 0 Å². The number of anilines is 1. The van der Waals surface area contributed by atoms with Crippen molar-refractivity contribution in [3.05, 3.63) is 29.8 Å². The number of amides is 2. The van der Waals surface area contributed by atoms with Crippen LogP contribution in [0.1, 0.15) is 37.6 Å². The van der Waals surface area contributed by atoms with Crippen molar-refractivity contribution >= 4 is 23.5 Å². The SMILES string of the molecule is CCC(C)NC(=O)CN(C(C)=O)c1cccc(C(=O)OC)c1. The number of carbonyl (C=O) groups excluding carboxylic acids is 3. The van der Waals surface area contributed by atoms with Gasteiger partial charge < -0.3 is 15.0 Å². The Morgan fingerprint density at radius 2 is 2.00 bits per heavy atom. The lowest BCUT2D eigenvalue weighted by Crippen LogP contribution is -2.42. The third-order valence-electron chi connectivity index (χ3n) is 3.28. The van der Waals surface area contributed by atoms with Crippen molar-refractivity contribution in [2.24, 2.45) is 0 Å². The number of esters is 1. The minimum atomic E-state index is -0.491. The highest BCUT2D eigenvalue weighted by Crippen LogP contribution is 2.17. The molecule has 2 amide bonds. The first-order valence-corrected chi connectivity index (χ1v) is 7.14. The number of methoxy groups -OCH3 is 1. The first kappa shape index (κ1) is 17.7. The molecule has 0 heterocycles. The number of hydrogen-bond donors (Lipinski definition) is 1. The van der Waals surface area contributed by atoms with Crippen LogP contribution < -0.4 is 10.2 Å². The molecule has 0 aliphatic heterocycles. The molecule has 0 bridgehead atoms. The van der Waals surface area contributed by atoms with Crippen LogP contribution in [0.2, 0.25) is 0 Å². The molecule has 1 aromatic rings. The van der Waals surface area contributed by atoms with E-state index in [2.05, 4.69) is 10.1 Å².